The van der Waals surface area contributed by atoms with Crippen LogP contribution in [0, 0.1) is 5.92 Å². The van der Waals surface area contributed by atoms with Crippen molar-refractivity contribution in [3.63, 3.8) is 0 Å². The predicted molar refractivity (Wildman–Crippen MR) is 83.3 cm³/mol. The van der Waals surface area contributed by atoms with Crippen molar-refractivity contribution < 1.29 is 4.79 Å². The van der Waals surface area contributed by atoms with E-state index in [9.17, 15) is 4.79 Å². The first-order chi connectivity index (χ1) is 9.13. The molecule has 1 unspecified atom stereocenters. The lowest BCUT2D eigenvalue weighted by Gasteiger charge is -2.21. The third-order valence-electron chi connectivity index (χ3n) is 3.27. The molecule has 0 bridgehead atoms. The van der Waals surface area contributed by atoms with Crippen LogP contribution in [0.3, 0.4) is 0 Å². The van der Waals surface area contributed by atoms with Crippen molar-refractivity contribution >= 4 is 38.9 Å². The highest BCUT2D eigenvalue weighted by molar-refractivity contribution is 7.17. The van der Waals surface area contributed by atoms with Crippen LogP contribution < -0.4 is 5.32 Å². The molecule has 2 nitrogen and oxygen atoms in total. The summed E-state index contributed by atoms with van der Waals surface area (Å²) >= 11 is 7.40. The smallest absolute Gasteiger partial charge is 0.252 e. The number of hydrogen-bond donors (Lipinski definition) is 1. The van der Waals surface area contributed by atoms with E-state index in [1.165, 1.54) is 0 Å². The number of alkyl halides is 1. The molecule has 1 atom stereocenters. The fraction of sp³-hybridized carbons (Fsp3) is 0.400. The number of halogens is 1. The molecule has 0 aliphatic carbocycles. The number of nitrogens with one attached hydrogen (secondary N) is 1. The molecule has 0 spiro atoms. The van der Waals surface area contributed by atoms with Crippen molar-refractivity contribution in [2.75, 3.05) is 5.88 Å². The molecule has 102 valence electrons. The van der Waals surface area contributed by atoms with Crippen molar-refractivity contribution in [3.8, 4) is 0 Å². The Balaban J connectivity index is 2.19. The molecule has 2 rings (SSSR count). The molecule has 0 fully saturated rings. The molecule has 19 heavy (non-hydrogen) atoms. The zero-order chi connectivity index (χ0) is 13.8. The Hall–Kier alpha value is -1.06. The largest absolute Gasteiger partial charge is 0.349 e. The number of thiophene rings is 1. The molecule has 0 saturated heterocycles. The molecular formula is C15H18ClNOS. The van der Waals surface area contributed by atoms with Gasteiger partial charge >= 0.3 is 0 Å². The number of rotatable bonds is 5. The number of carbonyl (C=O) groups is 1. The molecule has 1 aromatic carbocycles. The third kappa shape index (κ3) is 3.28. The average Bonchev–Trinajstić information content (AvgIpc) is 2.81. The first kappa shape index (κ1) is 14.4. The van der Waals surface area contributed by atoms with Crippen molar-refractivity contribution in [3.05, 3.63) is 35.2 Å². The van der Waals surface area contributed by atoms with Crippen LogP contribution in [0.4, 0.5) is 0 Å². The Kier molecular flexibility index (Phi) is 4.83. The standard InChI is InChI=1S/C15H18ClNOS/c1-10(2)13(7-8-16)17-15(18)12-9-19-14-6-4-3-5-11(12)14/h3-6,9-10,13H,7-8H2,1-2H3,(H,17,18). The van der Waals surface area contributed by atoms with E-state index in [0.29, 0.717) is 11.8 Å². The minimum absolute atomic E-state index is 0.00117. The molecule has 1 N–H and O–H groups in total. The Morgan fingerprint density at radius 1 is 1.37 bits per heavy atom. The quantitative estimate of drug-likeness (QED) is 0.819. The number of carbonyl (C=O) groups excluding carboxylic acids is 1. The van der Waals surface area contributed by atoms with E-state index in [4.69, 9.17) is 11.6 Å². The molecular weight excluding hydrogens is 278 g/mol. The van der Waals surface area contributed by atoms with Crippen LogP contribution in [0.5, 0.6) is 0 Å². The lowest BCUT2D eigenvalue weighted by molar-refractivity contribution is 0.0927. The van der Waals surface area contributed by atoms with Gasteiger partial charge in [-0.3, -0.25) is 4.79 Å². The van der Waals surface area contributed by atoms with E-state index in [0.717, 1.165) is 22.1 Å². The molecule has 0 saturated carbocycles. The Bertz CT molecular complexity index is 564. The summed E-state index contributed by atoms with van der Waals surface area (Å²) in [7, 11) is 0. The van der Waals surface area contributed by atoms with Crippen molar-refractivity contribution in [1.82, 2.24) is 5.32 Å². The molecule has 0 aliphatic heterocycles. The van der Waals surface area contributed by atoms with Gasteiger partial charge in [0.15, 0.2) is 0 Å². The third-order valence-corrected chi connectivity index (χ3v) is 4.45. The SMILES string of the molecule is CC(C)C(CCCl)NC(=O)c1csc2ccccc12. The lowest BCUT2D eigenvalue weighted by atomic mass is 10.0. The molecule has 0 radical (unpaired) electrons. The van der Waals surface area contributed by atoms with Gasteiger partial charge in [-0.1, -0.05) is 32.0 Å². The first-order valence-electron chi connectivity index (χ1n) is 6.46. The summed E-state index contributed by atoms with van der Waals surface area (Å²) in [5.41, 5.74) is 0.765. The zero-order valence-corrected chi connectivity index (χ0v) is 12.7. The predicted octanol–water partition coefficient (Wildman–Crippen LogP) is 4.28. The zero-order valence-electron chi connectivity index (χ0n) is 11.2. The normalized spacial score (nSPS) is 12.8. The lowest BCUT2D eigenvalue weighted by Crippen LogP contribution is -2.38. The summed E-state index contributed by atoms with van der Waals surface area (Å²) in [6, 6.07) is 8.11. The van der Waals surface area contributed by atoms with Gasteiger partial charge in [0, 0.05) is 27.4 Å². The van der Waals surface area contributed by atoms with E-state index in [1.807, 2.05) is 29.6 Å². The monoisotopic (exact) mass is 295 g/mol. The summed E-state index contributed by atoms with van der Waals surface area (Å²) in [5, 5.41) is 6.05. The van der Waals surface area contributed by atoms with Crippen molar-refractivity contribution in [2.45, 2.75) is 26.3 Å². The first-order valence-corrected chi connectivity index (χ1v) is 7.88. The van der Waals surface area contributed by atoms with Gasteiger partial charge in [-0.05, 0) is 18.4 Å². The van der Waals surface area contributed by atoms with Crippen LogP contribution in [0.1, 0.15) is 30.6 Å². The van der Waals surface area contributed by atoms with E-state index in [1.54, 1.807) is 11.3 Å². The minimum Gasteiger partial charge on any atom is -0.349 e. The van der Waals surface area contributed by atoms with Crippen LogP contribution in [0.15, 0.2) is 29.6 Å². The van der Waals surface area contributed by atoms with Gasteiger partial charge in [0.2, 0.25) is 0 Å². The summed E-state index contributed by atoms with van der Waals surface area (Å²) in [4.78, 5) is 12.4. The van der Waals surface area contributed by atoms with Gasteiger partial charge < -0.3 is 5.32 Å². The molecule has 2 aromatic rings. The molecule has 1 amide bonds. The Labute approximate surface area is 122 Å². The second-order valence-electron chi connectivity index (χ2n) is 4.95. The summed E-state index contributed by atoms with van der Waals surface area (Å²) in [6.45, 7) is 4.20. The minimum atomic E-state index is 0.00117. The van der Waals surface area contributed by atoms with Gasteiger partial charge in [-0.15, -0.1) is 22.9 Å². The summed E-state index contributed by atoms with van der Waals surface area (Å²) < 4.78 is 1.14. The van der Waals surface area contributed by atoms with Crippen molar-refractivity contribution in [2.24, 2.45) is 5.92 Å². The van der Waals surface area contributed by atoms with Gasteiger partial charge in [-0.25, -0.2) is 0 Å². The topological polar surface area (TPSA) is 29.1 Å². The highest BCUT2D eigenvalue weighted by atomic mass is 35.5. The Morgan fingerprint density at radius 2 is 2.11 bits per heavy atom. The van der Waals surface area contributed by atoms with Crippen LogP contribution >= 0.6 is 22.9 Å². The maximum atomic E-state index is 12.4. The van der Waals surface area contributed by atoms with Crippen LogP contribution in [-0.2, 0) is 0 Å². The highest BCUT2D eigenvalue weighted by Gasteiger charge is 2.18. The Morgan fingerprint density at radius 3 is 2.79 bits per heavy atom. The average molecular weight is 296 g/mol. The molecule has 0 aliphatic rings. The highest BCUT2D eigenvalue weighted by Crippen LogP contribution is 2.25. The molecule has 4 heteroatoms. The van der Waals surface area contributed by atoms with Gasteiger partial charge in [-0.2, -0.15) is 0 Å². The van der Waals surface area contributed by atoms with Crippen LogP contribution in [0.2, 0.25) is 0 Å². The van der Waals surface area contributed by atoms with E-state index < -0.39 is 0 Å². The number of benzene rings is 1. The summed E-state index contributed by atoms with van der Waals surface area (Å²) in [5.74, 6) is 0.946. The second kappa shape index (κ2) is 6.40. The fourth-order valence-electron chi connectivity index (χ4n) is 2.09. The maximum Gasteiger partial charge on any atom is 0.252 e. The van der Waals surface area contributed by atoms with Crippen LogP contribution in [0.25, 0.3) is 10.1 Å². The van der Waals surface area contributed by atoms with E-state index in [2.05, 4.69) is 19.2 Å². The second-order valence-corrected chi connectivity index (χ2v) is 6.24. The van der Waals surface area contributed by atoms with E-state index >= 15 is 0 Å². The molecule has 1 aromatic heterocycles. The number of amides is 1. The van der Waals surface area contributed by atoms with Gasteiger partial charge in [0.25, 0.3) is 5.91 Å². The molecule has 1 heterocycles. The fourth-order valence-corrected chi connectivity index (χ4v) is 3.27. The van der Waals surface area contributed by atoms with Gasteiger partial charge in [0.05, 0.1) is 5.56 Å². The van der Waals surface area contributed by atoms with Gasteiger partial charge in [0.1, 0.15) is 0 Å². The maximum absolute atomic E-state index is 12.4. The van der Waals surface area contributed by atoms with E-state index in [-0.39, 0.29) is 11.9 Å². The number of fused-ring (bicyclic) bond motifs is 1. The number of hydrogen-bond acceptors (Lipinski definition) is 2. The van der Waals surface area contributed by atoms with Crippen LogP contribution in [-0.4, -0.2) is 17.8 Å². The summed E-state index contributed by atoms with van der Waals surface area (Å²) in [6.07, 6.45) is 0.799. The van der Waals surface area contributed by atoms with Crippen molar-refractivity contribution in [1.29, 1.82) is 0 Å².